The van der Waals surface area contributed by atoms with Crippen molar-refractivity contribution in [3.8, 4) is 11.9 Å². The number of halogens is 7. The zero-order valence-electron chi connectivity index (χ0n) is 63.2. The third-order valence-electron chi connectivity index (χ3n) is 21.3. The molecule has 7 fully saturated rings. The summed E-state index contributed by atoms with van der Waals surface area (Å²) in [6, 6.07) is 1.02. The van der Waals surface area contributed by atoms with Gasteiger partial charge in [-0.1, -0.05) is 96.1 Å². The minimum Gasteiger partial charge on any atom is -0.496 e. The van der Waals surface area contributed by atoms with Crippen molar-refractivity contribution in [3.05, 3.63) is 30.0 Å². The average Bonchev–Trinajstić information content (AvgIpc) is 1.53. The molecule has 1 aromatic carbocycles. The highest BCUT2D eigenvalue weighted by Crippen LogP contribution is 2.66. The van der Waals surface area contributed by atoms with E-state index in [1.807, 2.05) is 65.2 Å². The predicted molar refractivity (Wildman–Crippen MR) is 377 cm³/mol. The summed E-state index contributed by atoms with van der Waals surface area (Å²) in [4.78, 5) is 170. The number of nitriles is 1. The van der Waals surface area contributed by atoms with Gasteiger partial charge in [-0.05, 0) is 108 Å². The van der Waals surface area contributed by atoms with Crippen LogP contribution in [0.1, 0.15) is 145 Å². The van der Waals surface area contributed by atoms with Gasteiger partial charge in [-0.2, -0.15) is 31.6 Å². The van der Waals surface area contributed by atoms with Crippen LogP contribution < -0.4 is 52.9 Å². The van der Waals surface area contributed by atoms with Crippen LogP contribution in [-0.2, 0) is 57.5 Å². The molecule has 0 bridgehead atoms. The number of nitrogens with zero attached hydrogens (tertiary/aromatic N) is 6. The number of piperidine rings is 4. The molecular formula is C71H101ClF6N16O14. The fourth-order valence-electron chi connectivity index (χ4n) is 15.0. The molecule has 0 spiro atoms. The molecule has 9 rings (SSSR count). The van der Waals surface area contributed by atoms with Crippen LogP contribution in [0, 0.1) is 80.5 Å². The van der Waals surface area contributed by atoms with Crippen LogP contribution in [0.15, 0.2) is 24.3 Å². The number of alkyl halides is 7. The SMILES string of the molecule is CC(C)(C)[C@H](NC(=O)C(F)(F)F)C(=O)N1C[C@H]2[C@@H]([C@H]1C(=O)NN(C#N)C[C@@H]1CCCNC1=O)C2(C)C.CCC(=O)N(C[C@@H]1CCNC1=O)NC(=O)[C@@H]1[C@@H]2[C@H](CN1C(=O)[C@@H](NC(=O)C(F)(F)F)C(C)(C)C)C2(C)C.COc1cccc2[nH]c(C(=O)N[C@@H](CC(C)C)C(=O)NN(C[C@@H]3CCCNC3=O)C(=O)CCl)cc12. The van der Waals surface area contributed by atoms with Gasteiger partial charge in [0.15, 0.2) is 6.19 Å². The molecule has 0 radical (unpaired) electrons. The number of hydrogen-bond acceptors (Lipinski definition) is 16. The molecule has 7 aliphatic rings. The second kappa shape index (κ2) is 34.2. The van der Waals surface area contributed by atoms with Gasteiger partial charge in [-0.25, -0.2) is 5.01 Å². The van der Waals surface area contributed by atoms with E-state index >= 15 is 0 Å². The predicted octanol–water partition coefficient (Wildman–Crippen LogP) is 3.82. The lowest BCUT2D eigenvalue weighted by atomic mass is 9.85. The van der Waals surface area contributed by atoms with E-state index in [0.717, 1.165) is 38.8 Å². The molecule has 1 aromatic heterocycles. The van der Waals surface area contributed by atoms with Gasteiger partial charge >= 0.3 is 24.2 Å². The van der Waals surface area contributed by atoms with Crippen molar-refractivity contribution in [1.82, 2.24) is 78.0 Å². The van der Waals surface area contributed by atoms with E-state index in [0.29, 0.717) is 51.1 Å². The summed E-state index contributed by atoms with van der Waals surface area (Å²) in [5.74, 6) is -11.7. The van der Waals surface area contributed by atoms with E-state index in [2.05, 4.69) is 42.5 Å². The summed E-state index contributed by atoms with van der Waals surface area (Å²) in [5.41, 5.74) is 5.92. The first kappa shape index (κ1) is 86.1. The van der Waals surface area contributed by atoms with Crippen LogP contribution in [0.2, 0.25) is 0 Å². The summed E-state index contributed by atoms with van der Waals surface area (Å²) < 4.78 is 83.2. The fraction of sp³-hybridized carbons (Fsp3) is 0.690. The lowest BCUT2D eigenvalue weighted by molar-refractivity contribution is -0.176. The number of hydrogen-bond donors (Lipinski definition) is 10. The fourth-order valence-corrected chi connectivity index (χ4v) is 15.1. The first-order valence-corrected chi connectivity index (χ1v) is 36.6. The molecule has 108 heavy (non-hydrogen) atoms. The average molecular weight is 1550 g/mol. The largest absolute Gasteiger partial charge is 0.496 e. The van der Waals surface area contributed by atoms with Gasteiger partial charge in [0.25, 0.3) is 29.5 Å². The summed E-state index contributed by atoms with van der Waals surface area (Å²) in [6.07, 6.45) is -4.92. The van der Waals surface area contributed by atoms with Gasteiger partial charge < -0.3 is 51.4 Å². The maximum atomic E-state index is 13.6. The molecule has 0 unspecified atom stereocenters. The number of aromatic amines is 1. The molecular weight excluding hydrogens is 1450 g/mol. The molecule has 5 saturated heterocycles. The van der Waals surface area contributed by atoms with E-state index in [9.17, 15) is 93.9 Å². The number of hydrazine groups is 3. The van der Waals surface area contributed by atoms with Crippen molar-refractivity contribution in [2.24, 2.45) is 69.0 Å². The normalized spacial score (nSPS) is 23.9. The molecule has 6 heterocycles. The zero-order chi connectivity index (χ0) is 80.8. The number of carbonyl (C=O) groups excluding carboxylic acids is 13. The van der Waals surface area contributed by atoms with Crippen molar-refractivity contribution in [2.45, 2.75) is 178 Å². The van der Waals surface area contributed by atoms with Crippen molar-refractivity contribution in [3.63, 3.8) is 0 Å². The number of amides is 13. The molecule has 598 valence electrons. The standard InChI is InChI=1S/C24H32ClN5O5.C24H36F3N5O5.C23H33F3N6O4/c1-14(2)10-18(28-23(33)19-11-16-17(27-19)7-4-8-20(16)35-3)24(34)29-30(21(31)12-25)13-15-6-5-9-26-22(15)32;1-7-14(33)32(10-12-8-9-28-18(12)34)30-19(35)16-15-13(23(15,5)6)11-31(16)20(36)17(22(2,3)4)29-21(37)24(25,26)27;1-21(2,3)16(29-20(36)23(24,25)26)19(35)32-10-13-14(22(13,4)5)15(32)18(34)30-31(11-27)9-12-7-6-8-28-17(12)33/h4,7-8,11,14-15,18,27H,5-6,9-10,12-13H2,1-3H3,(H,26,32)(H,28,33)(H,29,34);12-13,15-17H,7-11H2,1-6H3,(H,28,34)(H,29,37)(H,30,35);12-16H,6-10H2,1-5H3,(H,28,33)(H,29,36)(H,30,34)/t15-,18-;12-,13-,15-,16-,17+;12-,13-,14-,15-,16+/m000/s1. The van der Waals surface area contributed by atoms with Gasteiger partial charge in [-0.3, -0.25) is 88.6 Å². The van der Waals surface area contributed by atoms with E-state index < -0.39 is 130 Å². The summed E-state index contributed by atoms with van der Waals surface area (Å²) in [5, 5.41) is 28.0. The Morgan fingerprint density at radius 2 is 1.11 bits per heavy atom. The highest BCUT2D eigenvalue weighted by Gasteiger charge is 2.71. The number of benzene rings is 1. The summed E-state index contributed by atoms with van der Waals surface area (Å²) >= 11 is 5.75. The molecule has 2 saturated carbocycles. The Morgan fingerprint density at radius 3 is 1.52 bits per heavy atom. The van der Waals surface area contributed by atoms with E-state index in [-0.39, 0.29) is 109 Å². The Balaban J connectivity index is 0.000000226. The highest BCUT2D eigenvalue weighted by atomic mass is 35.5. The molecule has 10 N–H and O–H groups in total. The van der Waals surface area contributed by atoms with Crippen molar-refractivity contribution < 1.29 is 93.4 Å². The van der Waals surface area contributed by atoms with E-state index in [1.165, 1.54) is 51.3 Å². The zero-order valence-corrected chi connectivity index (χ0v) is 63.9. The van der Waals surface area contributed by atoms with Crippen LogP contribution >= 0.6 is 11.6 Å². The monoisotopic (exact) mass is 1550 g/mol. The van der Waals surface area contributed by atoms with Gasteiger partial charge in [0.1, 0.15) is 47.5 Å². The Morgan fingerprint density at radius 1 is 0.657 bits per heavy atom. The molecule has 12 atom stereocenters. The number of likely N-dealkylation sites (tertiary alicyclic amines) is 2. The lowest BCUT2D eigenvalue weighted by Crippen LogP contribution is -2.62. The number of fused-ring (bicyclic) bond motifs is 3. The molecule has 30 nitrogen and oxygen atoms in total. The van der Waals surface area contributed by atoms with Crippen LogP contribution in [0.3, 0.4) is 0 Å². The van der Waals surface area contributed by atoms with Crippen LogP contribution in [-0.4, -0.2) is 215 Å². The van der Waals surface area contributed by atoms with Gasteiger partial charge in [0.2, 0.25) is 35.4 Å². The Kier molecular flexibility index (Phi) is 27.2. The van der Waals surface area contributed by atoms with Crippen molar-refractivity contribution in [1.29, 1.82) is 5.26 Å². The number of aromatic nitrogens is 1. The lowest BCUT2D eigenvalue weighted by Gasteiger charge is -2.38. The van der Waals surface area contributed by atoms with Crippen LogP contribution in [0.25, 0.3) is 10.9 Å². The maximum absolute atomic E-state index is 13.6. The number of rotatable bonds is 21. The third-order valence-corrected chi connectivity index (χ3v) is 21.5. The summed E-state index contributed by atoms with van der Waals surface area (Å²) in [7, 11) is 1.55. The van der Waals surface area contributed by atoms with Crippen LogP contribution in [0.5, 0.6) is 5.75 Å². The maximum Gasteiger partial charge on any atom is 0.471 e. The molecule has 2 aromatic rings. The highest BCUT2D eigenvalue weighted by molar-refractivity contribution is 6.27. The minimum absolute atomic E-state index is 0.00723. The van der Waals surface area contributed by atoms with E-state index in [1.54, 1.807) is 31.5 Å². The smallest absolute Gasteiger partial charge is 0.471 e. The molecule has 5 aliphatic heterocycles. The van der Waals surface area contributed by atoms with Gasteiger partial charge in [0, 0.05) is 50.0 Å². The first-order chi connectivity index (χ1) is 50.1. The van der Waals surface area contributed by atoms with Crippen LogP contribution in [0.4, 0.5) is 26.3 Å². The number of methoxy groups -OCH3 is 1. The second-order valence-electron chi connectivity index (χ2n) is 32.3. The Hall–Kier alpha value is -9.17. The number of carbonyl (C=O) groups is 13. The topological polar surface area (TPSA) is 395 Å². The van der Waals surface area contributed by atoms with Crippen molar-refractivity contribution >= 4 is 99.3 Å². The minimum atomic E-state index is -5.18. The number of nitrogens with one attached hydrogen (secondary N) is 10. The third kappa shape index (κ3) is 20.4. The summed E-state index contributed by atoms with van der Waals surface area (Å²) in [6.45, 7) is 24.2. The molecule has 37 heteroatoms. The quantitative estimate of drug-likeness (QED) is 0.0279. The number of ether oxygens (including phenoxy) is 1. The van der Waals surface area contributed by atoms with Gasteiger partial charge in [-0.15, -0.1) is 11.6 Å². The molecule has 13 amide bonds. The Bertz CT molecular complexity index is 3790. The Labute approximate surface area is 627 Å². The first-order valence-electron chi connectivity index (χ1n) is 36.1. The second-order valence-corrected chi connectivity index (χ2v) is 32.5. The van der Waals surface area contributed by atoms with Gasteiger partial charge in [0.05, 0.1) is 44.5 Å². The van der Waals surface area contributed by atoms with Crippen molar-refractivity contribution in [2.75, 3.05) is 65.3 Å². The number of H-pyrrole nitrogens is 1. The van der Waals surface area contributed by atoms with E-state index in [4.69, 9.17) is 16.3 Å². The molecule has 2 aliphatic carbocycles.